The van der Waals surface area contributed by atoms with Gasteiger partial charge in [0.05, 0.1) is 6.67 Å². The van der Waals surface area contributed by atoms with Crippen LogP contribution >= 0.6 is 23.6 Å². The first-order valence-corrected chi connectivity index (χ1v) is 8.31. The summed E-state index contributed by atoms with van der Waals surface area (Å²) in [7, 11) is 0. The molecule has 20 heavy (non-hydrogen) atoms. The lowest BCUT2D eigenvalue weighted by Gasteiger charge is -2.33. The van der Waals surface area contributed by atoms with Crippen LogP contribution in [0.2, 0.25) is 0 Å². The topological polar surface area (TPSA) is 26.0 Å². The van der Waals surface area contributed by atoms with Crippen molar-refractivity contribution >= 4 is 23.6 Å². The first kappa shape index (κ1) is 14.0. The van der Waals surface area contributed by atoms with Gasteiger partial charge in [0.25, 0.3) is 0 Å². The van der Waals surface area contributed by atoms with Crippen molar-refractivity contribution in [2.45, 2.75) is 45.9 Å². The van der Waals surface area contributed by atoms with E-state index in [1.165, 1.54) is 10.4 Å². The van der Waals surface area contributed by atoms with Crippen LogP contribution in [-0.2, 0) is 13.1 Å². The summed E-state index contributed by atoms with van der Waals surface area (Å²) in [5.74, 6) is 0. The average molecular weight is 308 g/mol. The third-order valence-corrected chi connectivity index (χ3v) is 5.45. The van der Waals surface area contributed by atoms with Crippen LogP contribution in [0.3, 0.4) is 0 Å². The van der Waals surface area contributed by atoms with Crippen molar-refractivity contribution in [2.75, 3.05) is 6.54 Å². The van der Waals surface area contributed by atoms with Crippen molar-refractivity contribution in [2.24, 2.45) is 0 Å². The summed E-state index contributed by atoms with van der Waals surface area (Å²) >= 11 is 7.38. The summed E-state index contributed by atoms with van der Waals surface area (Å²) in [6.45, 7) is 8.37. The van der Waals surface area contributed by atoms with E-state index in [2.05, 4.69) is 42.2 Å². The maximum absolute atomic E-state index is 5.51. The molecule has 3 rings (SSSR count). The molecule has 0 aliphatic carbocycles. The van der Waals surface area contributed by atoms with E-state index in [1.807, 2.05) is 26.9 Å². The number of fused-ring (bicyclic) bond motifs is 1. The van der Waals surface area contributed by atoms with E-state index in [0.29, 0.717) is 12.1 Å². The highest BCUT2D eigenvalue weighted by Gasteiger charge is 2.25. The molecule has 0 saturated carbocycles. The molecule has 6 heteroatoms. The van der Waals surface area contributed by atoms with E-state index in [1.54, 1.807) is 0 Å². The van der Waals surface area contributed by atoms with Crippen molar-refractivity contribution in [1.82, 2.24) is 19.2 Å². The van der Waals surface area contributed by atoms with E-state index in [-0.39, 0.29) is 0 Å². The first-order valence-electron chi connectivity index (χ1n) is 7.02. The Morgan fingerprint density at radius 2 is 2.30 bits per heavy atom. The second-order valence-electron chi connectivity index (χ2n) is 5.59. The molecular formula is C14H20N4S2. The molecule has 0 aromatic carbocycles. The molecule has 0 N–H and O–H groups in total. The van der Waals surface area contributed by atoms with Crippen molar-refractivity contribution in [3.05, 3.63) is 33.0 Å². The molecule has 0 spiro atoms. The van der Waals surface area contributed by atoms with Gasteiger partial charge < -0.3 is 4.57 Å². The summed E-state index contributed by atoms with van der Waals surface area (Å²) in [5.41, 5.74) is 1.47. The second-order valence-corrected chi connectivity index (χ2v) is 6.96. The zero-order valence-corrected chi connectivity index (χ0v) is 13.7. The highest BCUT2D eigenvalue weighted by Crippen LogP contribution is 2.32. The summed E-state index contributed by atoms with van der Waals surface area (Å²) in [4.78, 5) is 3.98. The second kappa shape index (κ2) is 5.42. The Morgan fingerprint density at radius 3 is 3.00 bits per heavy atom. The first-order chi connectivity index (χ1) is 9.58. The van der Waals surface area contributed by atoms with Crippen LogP contribution in [0.25, 0.3) is 0 Å². The molecule has 0 unspecified atom stereocenters. The highest BCUT2D eigenvalue weighted by molar-refractivity contribution is 7.71. The molecule has 108 valence electrons. The molecule has 0 radical (unpaired) electrons. The quantitative estimate of drug-likeness (QED) is 0.810. The summed E-state index contributed by atoms with van der Waals surface area (Å²) in [6, 6.07) is 3.05. The predicted molar refractivity (Wildman–Crippen MR) is 84.6 cm³/mol. The Hall–Kier alpha value is -0.980. The summed E-state index contributed by atoms with van der Waals surface area (Å²) in [6.07, 6.45) is 2.98. The van der Waals surface area contributed by atoms with Crippen LogP contribution in [0.15, 0.2) is 17.8 Å². The number of nitrogens with zero attached hydrogens (tertiary/aromatic N) is 4. The predicted octanol–water partition coefficient (Wildman–Crippen LogP) is 3.63. The number of hydrogen-bond donors (Lipinski definition) is 0. The molecule has 4 nitrogen and oxygen atoms in total. The molecule has 1 aliphatic rings. The minimum atomic E-state index is 0.360. The monoisotopic (exact) mass is 308 g/mol. The van der Waals surface area contributed by atoms with Gasteiger partial charge in [-0.15, -0.1) is 11.3 Å². The fraction of sp³-hybridized carbons (Fsp3) is 0.571. The molecule has 0 bridgehead atoms. The summed E-state index contributed by atoms with van der Waals surface area (Å²) in [5, 5.41) is 6.64. The molecule has 0 fully saturated rings. The molecule has 0 saturated heterocycles. The molecule has 1 atom stereocenters. The van der Waals surface area contributed by atoms with E-state index in [4.69, 9.17) is 12.2 Å². The van der Waals surface area contributed by atoms with Gasteiger partial charge in [-0.3, -0.25) is 4.90 Å². The van der Waals surface area contributed by atoms with Gasteiger partial charge in [0.1, 0.15) is 6.33 Å². The number of aromatic nitrogens is 3. The standard InChI is InChI=1S/C14H20N4S2/c1-10(2)17-8-15-18(14(17)19)9-16-6-4-13-12(11(16)3)5-7-20-13/h5,7-8,10-11H,4,6,9H2,1-3H3/t11-/m0/s1. The Labute approximate surface area is 128 Å². The largest absolute Gasteiger partial charge is 0.304 e. The maximum atomic E-state index is 5.51. The maximum Gasteiger partial charge on any atom is 0.199 e. The van der Waals surface area contributed by atoms with Crippen LogP contribution in [-0.4, -0.2) is 25.8 Å². The SMILES string of the molecule is CC(C)n1cnn(CN2CCc3sccc3[C@@H]2C)c1=S. The van der Waals surface area contributed by atoms with Crippen LogP contribution in [0.5, 0.6) is 0 Å². The molecule has 0 amide bonds. The zero-order chi connectivity index (χ0) is 14.3. The van der Waals surface area contributed by atoms with Gasteiger partial charge in [-0.05, 0) is 56.4 Å². The number of hydrogen-bond acceptors (Lipinski definition) is 4. The Morgan fingerprint density at radius 1 is 1.50 bits per heavy atom. The molecule has 2 aromatic heterocycles. The van der Waals surface area contributed by atoms with Gasteiger partial charge in [-0.25, -0.2) is 4.68 Å². The fourth-order valence-electron chi connectivity index (χ4n) is 2.73. The third kappa shape index (κ3) is 2.36. The smallest absolute Gasteiger partial charge is 0.199 e. The van der Waals surface area contributed by atoms with Gasteiger partial charge in [0.15, 0.2) is 4.77 Å². The van der Waals surface area contributed by atoms with E-state index in [0.717, 1.165) is 24.4 Å². The highest BCUT2D eigenvalue weighted by atomic mass is 32.1. The van der Waals surface area contributed by atoms with Crippen molar-refractivity contribution < 1.29 is 0 Å². The third-order valence-electron chi connectivity index (χ3n) is 4.03. The minimum Gasteiger partial charge on any atom is -0.304 e. The lowest BCUT2D eigenvalue weighted by Crippen LogP contribution is -2.35. The normalized spacial score (nSPS) is 19.5. The van der Waals surface area contributed by atoms with Gasteiger partial charge >= 0.3 is 0 Å². The molecule has 1 aliphatic heterocycles. The molecule has 3 heterocycles. The number of rotatable bonds is 3. The Bertz CT molecular complexity index is 652. The fourth-order valence-corrected chi connectivity index (χ4v) is 4.05. The van der Waals surface area contributed by atoms with Crippen molar-refractivity contribution in [3.8, 4) is 0 Å². The lowest BCUT2D eigenvalue weighted by molar-refractivity contribution is 0.144. The van der Waals surface area contributed by atoms with Gasteiger partial charge in [-0.2, -0.15) is 5.10 Å². The Balaban J connectivity index is 1.81. The van der Waals surface area contributed by atoms with E-state index >= 15 is 0 Å². The van der Waals surface area contributed by atoms with Crippen molar-refractivity contribution in [1.29, 1.82) is 0 Å². The van der Waals surface area contributed by atoms with Crippen molar-refractivity contribution in [3.63, 3.8) is 0 Å². The van der Waals surface area contributed by atoms with Crippen LogP contribution in [0.4, 0.5) is 0 Å². The Kier molecular flexibility index (Phi) is 3.79. The molecular weight excluding hydrogens is 288 g/mol. The average Bonchev–Trinajstić information content (AvgIpc) is 3.01. The molecule has 2 aromatic rings. The number of thiophene rings is 1. The van der Waals surface area contributed by atoms with Gasteiger partial charge in [0.2, 0.25) is 0 Å². The van der Waals surface area contributed by atoms with Crippen LogP contribution in [0, 0.1) is 4.77 Å². The zero-order valence-electron chi connectivity index (χ0n) is 12.1. The minimum absolute atomic E-state index is 0.360. The lowest BCUT2D eigenvalue weighted by atomic mass is 10.0. The summed E-state index contributed by atoms with van der Waals surface area (Å²) < 4.78 is 4.78. The van der Waals surface area contributed by atoms with E-state index < -0.39 is 0 Å². The van der Waals surface area contributed by atoms with Gasteiger partial charge in [0, 0.05) is 23.5 Å². The van der Waals surface area contributed by atoms with E-state index in [9.17, 15) is 0 Å². The van der Waals surface area contributed by atoms with Crippen LogP contribution < -0.4 is 0 Å². The van der Waals surface area contributed by atoms with Crippen LogP contribution in [0.1, 0.15) is 43.3 Å². The van der Waals surface area contributed by atoms with Gasteiger partial charge in [-0.1, -0.05) is 0 Å².